The molecule has 33 heavy (non-hydrogen) atoms. The summed E-state index contributed by atoms with van der Waals surface area (Å²) in [5.74, 6) is -0.808. The Morgan fingerprint density at radius 3 is 2.27 bits per heavy atom. The fraction of sp³-hybridized carbons (Fsp3) is 0.0870. The molecule has 3 aromatic carbocycles. The number of hydrogen-bond acceptors (Lipinski definition) is 5. The summed E-state index contributed by atoms with van der Waals surface area (Å²) in [5.41, 5.74) is 4.17. The van der Waals surface area contributed by atoms with Gasteiger partial charge in [0, 0.05) is 15.7 Å². The maximum absolute atomic E-state index is 12.0. The third-order valence-electron chi connectivity index (χ3n) is 4.24. The van der Waals surface area contributed by atoms with Gasteiger partial charge in [-0.1, -0.05) is 35.3 Å². The van der Waals surface area contributed by atoms with E-state index in [0.717, 1.165) is 5.56 Å². The van der Waals surface area contributed by atoms with Crippen LogP contribution in [0.4, 0.5) is 5.69 Å². The molecule has 0 aliphatic heterocycles. The summed E-state index contributed by atoms with van der Waals surface area (Å²) in [7, 11) is 1.51. The van der Waals surface area contributed by atoms with E-state index in [1.54, 1.807) is 48.5 Å². The number of hydrogen-bond donors (Lipinski definition) is 2. The molecule has 0 fully saturated rings. The van der Waals surface area contributed by atoms with Crippen molar-refractivity contribution in [3.63, 3.8) is 0 Å². The molecule has 0 saturated carbocycles. The molecule has 10 heteroatoms. The summed E-state index contributed by atoms with van der Waals surface area (Å²) in [5, 5.41) is 7.45. The molecule has 3 aromatic rings. The van der Waals surface area contributed by atoms with E-state index >= 15 is 0 Å². The van der Waals surface area contributed by atoms with Crippen LogP contribution in [-0.4, -0.2) is 25.1 Å². The first-order valence-corrected chi connectivity index (χ1v) is 11.1. The molecule has 0 unspecified atom stereocenters. The molecule has 0 aliphatic rings. The maximum Gasteiger partial charge on any atom is 0.329 e. The van der Waals surface area contributed by atoms with Crippen molar-refractivity contribution in [2.24, 2.45) is 5.10 Å². The molecular formula is C23H18BrCl2N3O4. The third kappa shape index (κ3) is 7.21. The van der Waals surface area contributed by atoms with Gasteiger partial charge in [0.05, 0.1) is 17.8 Å². The van der Waals surface area contributed by atoms with E-state index in [9.17, 15) is 9.59 Å². The Labute approximate surface area is 208 Å². The number of halogens is 3. The lowest BCUT2D eigenvalue weighted by atomic mass is 10.2. The zero-order valence-corrected chi connectivity index (χ0v) is 20.4. The van der Waals surface area contributed by atoms with E-state index in [0.29, 0.717) is 43.9 Å². The molecule has 2 amide bonds. The highest BCUT2D eigenvalue weighted by Crippen LogP contribution is 2.36. The minimum atomic E-state index is -0.921. The summed E-state index contributed by atoms with van der Waals surface area (Å²) < 4.78 is 11.9. The molecule has 0 aromatic heterocycles. The number of nitrogens with zero attached hydrogens (tertiary/aromatic N) is 1. The molecule has 3 rings (SSSR count). The molecule has 0 bridgehead atoms. The summed E-state index contributed by atoms with van der Waals surface area (Å²) in [6.45, 7) is 0.318. The van der Waals surface area contributed by atoms with Gasteiger partial charge >= 0.3 is 11.8 Å². The van der Waals surface area contributed by atoms with Crippen LogP contribution in [0.15, 0.2) is 70.2 Å². The molecule has 170 valence electrons. The number of nitrogens with one attached hydrogen (secondary N) is 2. The van der Waals surface area contributed by atoms with E-state index in [1.165, 1.54) is 13.3 Å². The smallest absolute Gasteiger partial charge is 0.329 e. The van der Waals surface area contributed by atoms with Crippen LogP contribution < -0.4 is 20.2 Å². The highest BCUT2D eigenvalue weighted by atomic mass is 79.9. The van der Waals surface area contributed by atoms with Crippen LogP contribution in [0.25, 0.3) is 0 Å². The van der Waals surface area contributed by atoms with E-state index in [1.807, 2.05) is 12.1 Å². The molecule has 0 heterocycles. The summed E-state index contributed by atoms with van der Waals surface area (Å²) in [6, 6.07) is 17.1. The molecule has 0 saturated heterocycles. The van der Waals surface area contributed by atoms with Crippen LogP contribution in [0, 0.1) is 0 Å². The lowest BCUT2D eigenvalue weighted by Crippen LogP contribution is -2.32. The number of benzene rings is 3. The second-order valence-electron chi connectivity index (χ2n) is 6.61. The minimum absolute atomic E-state index is 0.318. The predicted octanol–water partition coefficient (Wildman–Crippen LogP) is 5.43. The molecule has 0 radical (unpaired) electrons. The van der Waals surface area contributed by atoms with Gasteiger partial charge in [0.1, 0.15) is 6.61 Å². The largest absolute Gasteiger partial charge is 0.493 e. The summed E-state index contributed by atoms with van der Waals surface area (Å²) in [4.78, 5) is 23.9. The Kier molecular flexibility index (Phi) is 8.71. The lowest BCUT2D eigenvalue weighted by Gasteiger charge is -2.13. The van der Waals surface area contributed by atoms with Gasteiger partial charge in [-0.3, -0.25) is 9.59 Å². The number of anilines is 1. The van der Waals surface area contributed by atoms with Gasteiger partial charge in [0.2, 0.25) is 0 Å². The summed E-state index contributed by atoms with van der Waals surface area (Å²) >= 11 is 15.2. The monoisotopic (exact) mass is 549 g/mol. The molecule has 0 atom stereocenters. The van der Waals surface area contributed by atoms with Gasteiger partial charge in [-0.2, -0.15) is 5.10 Å². The fourth-order valence-electron chi connectivity index (χ4n) is 2.63. The minimum Gasteiger partial charge on any atom is -0.493 e. The van der Waals surface area contributed by atoms with Crippen LogP contribution in [0.5, 0.6) is 11.5 Å². The molecule has 0 spiro atoms. The molecule has 0 aliphatic carbocycles. The van der Waals surface area contributed by atoms with Crippen molar-refractivity contribution >= 4 is 62.8 Å². The predicted molar refractivity (Wildman–Crippen MR) is 132 cm³/mol. The number of amides is 2. The van der Waals surface area contributed by atoms with Gasteiger partial charge in [-0.05, 0) is 75.6 Å². The van der Waals surface area contributed by atoms with Gasteiger partial charge < -0.3 is 14.8 Å². The standard InChI is InChI=1S/C23H18BrCl2N3O4/c1-32-20-11-15(10-19(24)21(20)33-13-14-2-4-16(25)5-3-14)12-27-29-23(31)22(30)28-18-8-6-17(26)7-9-18/h2-12H,13H2,1H3,(H,28,30)(H,29,31)/b27-12+. The highest BCUT2D eigenvalue weighted by molar-refractivity contribution is 9.10. The first-order chi connectivity index (χ1) is 15.9. The third-order valence-corrected chi connectivity index (χ3v) is 5.33. The number of ether oxygens (including phenoxy) is 2. The Hall–Kier alpha value is -3.07. The van der Waals surface area contributed by atoms with Crippen LogP contribution >= 0.6 is 39.1 Å². The first-order valence-electron chi connectivity index (χ1n) is 9.50. The van der Waals surface area contributed by atoms with Crippen LogP contribution in [-0.2, 0) is 16.2 Å². The van der Waals surface area contributed by atoms with Crippen molar-refractivity contribution in [1.82, 2.24) is 5.43 Å². The lowest BCUT2D eigenvalue weighted by molar-refractivity contribution is -0.136. The number of hydrazone groups is 1. The average molecular weight is 551 g/mol. The van der Waals surface area contributed by atoms with Gasteiger partial charge in [0.15, 0.2) is 11.5 Å². The Balaban J connectivity index is 1.61. The normalized spacial score (nSPS) is 10.7. The quantitative estimate of drug-likeness (QED) is 0.233. The van der Waals surface area contributed by atoms with Crippen LogP contribution in [0.2, 0.25) is 10.0 Å². The van der Waals surface area contributed by atoms with Crippen molar-refractivity contribution in [2.75, 3.05) is 12.4 Å². The van der Waals surface area contributed by atoms with Gasteiger partial charge in [-0.15, -0.1) is 0 Å². The zero-order valence-electron chi connectivity index (χ0n) is 17.3. The number of carbonyl (C=O) groups excluding carboxylic acids is 2. The SMILES string of the molecule is COc1cc(/C=N/NC(=O)C(=O)Nc2ccc(Cl)cc2)cc(Br)c1OCc1ccc(Cl)cc1. The van der Waals surface area contributed by atoms with Gasteiger partial charge in [0.25, 0.3) is 0 Å². The van der Waals surface area contributed by atoms with E-state index in [4.69, 9.17) is 32.7 Å². The van der Waals surface area contributed by atoms with E-state index < -0.39 is 11.8 Å². The van der Waals surface area contributed by atoms with E-state index in [-0.39, 0.29) is 0 Å². The molecule has 7 nitrogen and oxygen atoms in total. The number of carbonyl (C=O) groups is 2. The Morgan fingerprint density at radius 1 is 1.00 bits per heavy atom. The van der Waals surface area contributed by atoms with E-state index in [2.05, 4.69) is 31.8 Å². The Bertz CT molecular complexity index is 1170. The summed E-state index contributed by atoms with van der Waals surface area (Å²) in [6.07, 6.45) is 1.38. The van der Waals surface area contributed by atoms with Gasteiger partial charge in [-0.25, -0.2) is 5.43 Å². The van der Waals surface area contributed by atoms with Crippen molar-refractivity contribution in [3.8, 4) is 11.5 Å². The second-order valence-corrected chi connectivity index (χ2v) is 8.34. The van der Waals surface area contributed by atoms with Crippen molar-refractivity contribution in [2.45, 2.75) is 6.61 Å². The first kappa shape index (κ1) is 24.6. The van der Waals surface area contributed by atoms with Crippen molar-refractivity contribution in [1.29, 1.82) is 0 Å². The zero-order chi connectivity index (χ0) is 23.8. The molecular weight excluding hydrogens is 533 g/mol. The highest BCUT2D eigenvalue weighted by Gasteiger charge is 2.14. The van der Waals surface area contributed by atoms with Crippen molar-refractivity contribution < 1.29 is 19.1 Å². The second kappa shape index (κ2) is 11.7. The number of rotatable bonds is 7. The van der Waals surface area contributed by atoms with Crippen molar-refractivity contribution in [3.05, 3.63) is 86.3 Å². The van der Waals surface area contributed by atoms with Crippen LogP contribution in [0.3, 0.4) is 0 Å². The Morgan fingerprint density at radius 2 is 1.64 bits per heavy atom. The average Bonchev–Trinajstić information content (AvgIpc) is 2.80. The van der Waals surface area contributed by atoms with Crippen LogP contribution in [0.1, 0.15) is 11.1 Å². The molecule has 2 N–H and O–H groups in total. The fourth-order valence-corrected chi connectivity index (χ4v) is 3.45. The topological polar surface area (TPSA) is 89.0 Å². The maximum atomic E-state index is 12.0. The number of methoxy groups -OCH3 is 1.